The molecular formula is C20H25N3O4S. The summed E-state index contributed by atoms with van der Waals surface area (Å²) in [5.41, 5.74) is 1.51. The smallest absolute Gasteiger partial charge is 0.261 e. The van der Waals surface area contributed by atoms with Crippen molar-refractivity contribution < 1.29 is 18.0 Å². The number of hydrogen-bond donors (Lipinski definition) is 2. The van der Waals surface area contributed by atoms with E-state index in [1.165, 1.54) is 30.1 Å². The van der Waals surface area contributed by atoms with E-state index in [4.69, 9.17) is 0 Å². The maximum atomic E-state index is 12.6. The molecule has 2 rings (SSSR count). The van der Waals surface area contributed by atoms with Gasteiger partial charge in [0.2, 0.25) is 5.91 Å². The Morgan fingerprint density at radius 3 is 2.32 bits per heavy atom. The van der Waals surface area contributed by atoms with Gasteiger partial charge in [-0.2, -0.15) is 0 Å². The summed E-state index contributed by atoms with van der Waals surface area (Å²) in [4.78, 5) is 25.8. The van der Waals surface area contributed by atoms with Gasteiger partial charge in [-0.05, 0) is 51.1 Å². The number of nitrogens with zero attached hydrogens (tertiary/aromatic N) is 1. The maximum Gasteiger partial charge on any atom is 0.261 e. The predicted octanol–water partition coefficient (Wildman–Crippen LogP) is 2.39. The summed E-state index contributed by atoms with van der Waals surface area (Å²) in [6, 6.07) is 12.6. The molecule has 2 aromatic rings. The fourth-order valence-corrected chi connectivity index (χ4v) is 3.57. The molecule has 0 fully saturated rings. The molecule has 0 aliphatic rings. The van der Waals surface area contributed by atoms with Crippen molar-refractivity contribution in [3.05, 3.63) is 59.7 Å². The first kappa shape index (κ1) is 21.4. The number of hydrogen-bond acceptors (Lipinski definition) is 4. The van der Waals surface area contributed by atoms with Gasteiger partial charge in [-0.15, -0.1) is 0 Å². The number of carbonyl (C=O) groups is 2. The van der Waals surface area contributed by atoms with Gasteiger partial charge in [0.1, 0.15) is 0 Å². The van der Waals surface area contributed by atoms with Crippen LogP contribution < -0.4 is 10.0 Å². The highest BCUT2D eigenvalue weighted by Gasteiger charge is 2.18. The van der Waals surface area contributed by atoms with Crippen LogP contribution in [0.2, 0.25) is 0 Å². The van der Waals surface area contributed by atoms with Gasteiger partial charge in [-0.1, -0.05) is 23.8 Å². The lowest BCUT2D eigenvalue weighted by Crippen LogP contribution is -2.40. The van der Waals surface area contributed by atoms with Crippen LogP contribution in [-0.4, -0.2) is 44.8 Å². The number of amides is 2. The highest BCUT2D eigenvalue weighted by Crippen LogP contribution is 2.18. The third-order valence-corrected chi connectivity index (χ3v) is 5.27. The first-order chi connectivity index (χ1) is 13.1. The van der Waals surface area contributed by atoms with E-state index in [9.17, 15) is 18.0 Å². The van der Waals surface area contributed by atoms with Gasteiger partial charge < -0.3 is 10.2 Å². The van der Waals surface area contributed by atoms with Crippen LogP contribution in [-0.2, 0) is 14.8 Å². The Morgan fingerprint density at radius 1 is 1.07 bits per heavy atom. The van der Waals surface area contributed by atoms with E-state index >= 15 is 0 Å². The third kappa shape index (κ3) is 5.82. The molecular weight excluding hydrogens is 378 g/mol. The average molecular weight is 404 g/mol. The van der Waals surface area contributed by atoms with Crippen molar-refractivity contribution in [3.8, 4) is 0 Å². The molecule has 0 heterocycles. The summed E-state index contributed by atoms with van der Waals surface area (Å²) in [6.07, 6.45) is 0. The standard InChI is InChI=1S/C20H25N3O4S/c1-14(2)21-19(24)13-23(4)20(25)16-6-5-7-17(12-16)22-28(26,27)18-10-8-15(3)9-11-18/h5-12,14,22H,13H2,1-4H3,(H,21,24). The number of rotatable bonds is 7. The Labute approximate surface area is 165 Å². The normalized spacial score (nSPS) is 11.2. The van der Waals surface area contributed by atoms with Crippen LogP contribution in [0.1, 0.15) is 29.8 Å². The Bertz CT molecular complexity index is 954. The molecule has 0 aromatic heterocycles. The number of aryl methyl sites for hydroxylation is 1. The molecule has 2 aromatic carbocycles. The van der Waals surface area contributed by atoms with Gasteiger partial charge in [0, 0.05) is 24.3 Å². The molecule has 0 saturated heterocycles. The molecule has 0 unspecified atom stereocenters. The summed E-state index contributed by atoms with van der Waals surface area (Å²) in [6.45, 7) is 5.46. The van der Waals surface area contributed by atoms with Crippen molar-refractivity contribution in [1.82, 2.24) is 10.2 Å². The molecule has 0 aliphatic carbocycles. The summed E-state index contributed by atoms with van der Waals surface area (Å²) >= 11 is 0. The first-order valence-corrected chi connectivity index (χ1v) is 10.3. The van der Waals surface area contributed by atoms with Gasteiger partial charge in [0.05, 0.1) is 11.4 Å². The van der Waals surface area contributed by atoms with Gasteiger partial charge in [0.15, 0.2) is 0 Å². The highest BCUT2D eigenvalue weighted by molar-refractivity contribution is 7.92. The number of benzene rings is 2. The lowest BCUT2D eigenvalue weighted by molar-refractivity contribution is -0.122. The second-order valence-electron chi connectivity index (χ2n) is 6.88. The number of sulfonamides is 1. The summed E-state index contributed by atoms with van der Waals surface area (Å²) < 4.78 is 27.5. The number of carbonyl (C=O) groups excluding carboxylic acids is 2. The second kappa shape index (κ2) is 8.88. The van der Waals surface area contributed by atoms with Crippen molar-refractivity contribution in [2.45, 2.75) is 31.7 Å². The van der Waals surface area contributed by atoms with Gasteiger partial charge in [-0.3, -0.25) is 14.3 Å². The predicted molar refractivity (Wildman–Crippen MR) is 109 cm³/mol. The minimum atomic E-state index is -3.76. The topological polar surface area (TPSA) is 95.6 Å². The summed E-state index contributed by atoms with van der Waals surface area (Å²) in [7, 11) is -2.25. The van der Waals surface area contributed by atoms with Crippen LogP contribution in [0.5, 0.6) is 0 Å². The average Bonchev–Trinajstić information content (AvgIpc) is 2.60. The molecule has 0 aliphatic heterocycles. The number of anilines is 1. The molecule has 7 nitrogen and oxygen atoms in total. The molecule has 2 amide bonds. The molecule has 0 atom stereocenters. The van der Waals surface area contributed by atoms with Crippen LogP contribution in [0.25, 0.3) is 0 Å². The van der Waals surface area contributed by atoms with Crippen LogP contribution in [0.4, 0.5) is 5.69 Å². The zero-order chi connectivity index (χ0) is 20.9. The van der Waals surface area contributed by atoms with E-state index in [0.29, 0.717) is 0 Å². The highest BCUT2D eigenvalue weighted by atomic mass is 32.2. The van der Waals surface area contributed by atoms with E-state index < -0.39 is 10.0 Å². The van der Waals surface area contributed by atoms with Crippen molar-refractivity contribution in [1.29, 1.82) is 0 Å². The van der Waals surface area contributed by atoms with Crippen LogP contribution in [0, 0.1) is 6.92 Å². The summed E-state index contributed by atoms with van der Waals surface area (Å²) in [5.74, 6) is -0.641. The zero-order valence-electron chi connectivity index (χ0n) is 16.4. The van der Waals surface area contributed by atoms with Gasteiger partial charge in [0.25, 0.3) is 15.9 Å². The van der Waals surface area contributed by atoms with Crippen molar-refractivity contribution in [2.75, 3.05) is 18.3 Å². The monoisotopic (exact) mass is 403 g/mol. The van der Waals surface area contributed by atoms with E-state index in [2.05, 4.69) is 10.0 Å². The minimum absolute atomic E-state index is 0.0180. The van der Waals surface area contributed by atoms with Gasteiger partial charge >= 0.3 is 0 Å². The Morgan fingerprint density at radius 2 is 1.71 bits per heavy atom. The van der Waals surface area contributed by atoms with E-state index in [0.717, 1.165) is 5.56 Å². The third-order valence-electron chi connectivity index (χ3n) is 3.87. The van der Waals surface area contributed by atoms with Crippen LogP contribution in [0.15, 0.2) is 53.4 Å². The fourth-order valence-electron chi connectivity index (χ4n) is 2.52. The van der Waals surface area contributed by atoms with E-state index in [1.54, 1.807) is 30.3 Å². The lowest BCUT2D eigenvalue weighted by Gasteiger charge is -2.18. The van der Waals surface area contributed by atoms with Crippen molar-refractivity contribution in [2.24, 2.45) is 0 Å². The second-order valence-corrected chi connectivity index (χ2v) is 8.57. The first-order valence-electron chi connectivity index (χ1n) is 8.83. The number of likely N-dealkylation sites (N-methyl/N-ethyl adjacent to an activating group) is 1. The molecule has 2 N–H and O–H groups in total. The Kier molecular flexibility index (Phi) is 6.80. The molecule has 0 saturated carbocycles. The minimum Gasteiger partial charge on any atom is -0.352 e. The largest absolute Gasteiger partial charge is 0.352 e. The Hall–Kier alpha value is -2.87. The van der Waals surface area contributed by atoms with Crippen molar-refractivity contribution >= 4 is 27.5 Å². The summed E-state index contributed by atoms with van der Waals surface area (Å²) in [5, 5.41) is 2.72. The fraction of sp³-hybridized carbons (Fsp3) is 0.300. The molecule has 0 bridgehead atoms. The van der Waals surface area contributed by atoms with Crippen molar-refractivity contribution in [3.63, 3.8) is 0 Å². The molecule has 28 heavy (non-hydrogen) atoms. The molecule has 150 valence electrons. The molecule has 0 radical (unpaired) electrons. The quantitative estimate of drug-likeness (QED) is 0.742. The van der Waals surface area contributed by atoms with Crippen LogP contribution in [0.3, 0.4) is 0 Å². The zero-order valence-corrected chi connectivity index (χ0v) is 17.2. The number of nitrogens with one attached hydrogen (secondary N) is 2. The lowest BCUT2D eigenvalue weighted by atomic mass is 10.2. The van der Waals surface area contributed by atoms with Gasteiger partial charge in [-0.25, -0.2) is 8.42 Å². The van der Waals surface area contributed by atoms with E-state index in [-0.39, 0.29) is 40.5 Å². The molecule has 0 spiro atoms. The maximum absolute atomic E-state index is 12.6. The van der Waals surface area contributed by atoms with Crippen LogP contribution >= 0.6 is 0 Å². The molecule has 8 heteroatoms. The van der Waals surface area contributed by atoms with E-state index in [1.807, 2.05) is 20.8 Å². The Balaban J connectivity index is 2.14. The SMILES string of the molecule is Cc1ccc(S(=O)(=O)Nc2cccc(C(=O)N(C)CC(=O)NC(C)C)c2)cc1.